The van der Waals surface area contributed by atoms with Crippen molar-refractivity contribution in [3.63, 3.8) is 0 Å². The molecule has 0 aliphatic rings. The van der Waals surface area contributed by atoms with Gasteiger partial charge < -0.3 is 9.94 Å². The lowest BCUT2D eigenvalue weighted by Crippen LogP contribution is -2.26. The second-order valence-corrected chi connectivity index (χ2v) is 2.82. The van der Waals surface area contributed by atoms with Crippen molar-refractivity contribution in [1.29, 1.82) is 0 Å². The minimum atomic E-state index is -0.362. The first-order valence-corrected chi connectivity index (χ1v) is 3.88. The minimum Gasteiger partial charge on any atom is -0.711 e. The van der Waals surface area contributed by atoms with Gasteiger partial charge in [0.25, 0.3) is 0 Å². The van der Waals surface area contributed by atoms with Crippen LogP contribution >= 0.6 is 0 Å². The Hall–Kier alpha value is -1.52. The highest BCUT2D eigenvalue weighted by molar-refractivity contribution is 5.69. The minimum absolute atomic E-state index is 0.0818. The van der Waals surface area contributed by atoms with Crippen LogP contribution in [0.2, 0.25) is 0 Å². The molecule has 0 saturated heterocycles. The van der Waals surface area contributed by atoms with Crippen LogP contribution in [0.25, 0.3) is 0 Å². The van der Waals surface area contributed by atoms with Crippen molar-refractivity contribution in [3.05, 3.63) is 22.9 Å². The first kappa shape index (κ1) is 9.57. The van der Waals surface area contributed by atoms with Crippen LogP contribution in [0, 0.1) is 19.1 Å². The lowest BCUT2D eigenvalue weighted by molar-refractivity contribution is -0.611. The highest BCUT2D eigenvalue weighted by atomic mass is 16.5. The van der Waals surface area contributed by atoms with Crippen molar-refractivity contribution < 1.29 is 14.3 Å². The van der Waals surface area contributed by atoms with Crippen LogP contribution in [0.1, 0.15) is 11.4 Å². The molecule has 0 fully saturated rings. The maximum Gasteiger partial charge on any atom is 0.348 e. The molecule has 0 aliphatic carbocycles. The second kappa shape index (κ2) is 3.47. The molecule has 0 atom stereocenters. The first-order chi connectivity index (χ1) is 6.06. The zero-order valence-electron chi connectivity index (χ0n) is 7.90. The van der Waals surface area contributed by atoms with E-state index in [2.05, 4.69) is 4.74 Å². The largest absolute Gasteiger partial charge is 0.711 e. The monoisotopic (exact) mass is 184 g/mol. The molecule has 0 unspecified atom stereocenters. The number of rotatable bonds is 2. The van der Waals surface area contributed by atoms with Crippen LogP contribution in [-0.4, -0.2) is 17.6 Å². The fourth-order valence-corrected chi connectivity index (χ4v) is 1.03. The molecule has 0 saturated carbocycles. The van der Waals surface area contributed by atoms with E-state index in [-0.39, 0.29) is 12.5 Å². The van der Waals surface area contributed by atoms with E-state index in [1.807, 2.05) is 0 Å². The van der Waals surface area contributed by atoms with Gasteiger partial charge in [-0.15, -0.1) is 0 Å². The molecule has 13 heavy (non-hydrogen) atoms. The SMILES string of the molecule is COC(=O)Cn1c[n+]([O-])c(C)c1C. The van der Waals surface area contributed by atoms with E-state index in [1.165, 1.54) is 13.4 Å². The van der Waals surface area contributed by atoms with Crippen LogP contribution in [0.4, 0.5) is 0 Å². The topological polar surface area (TPSA) is 58.2 Å². The van der Waals surface area contributed by atoms with Gasteiger partial charge in [-0.25, -0.2) is 14.1 Å². The van der Waals surface area contributed by atoms with E-state index >= 15 is 0 Å². The molecule has 0 radical (unpaired) electrons. The molecular formula is C8H12N2O3. The Balaban J connectivity index is 2.90. The average molecular weight is 184 g/mol. The Kier molecular flexibility index (Phi) is 2.55. The summed E-state index contributed by atoms with van der Waals surface area (Å²) in [4.78, 5) is 10.9. The highest BCUT2D eigenvalue weighted by Gasteiger charge is 2.14. The van der Waals surface area contributed by atoms with Gasteiger partial charge in [0.2, 0.25) is 6.33 Å². The average Bonchev–Trinajstić information content (AvgIpc) is 2.34. The van der Waals surface area contributed by atoms with E-state index in [9.17, 15) is 10.0 Å². The molecule has 0 bridgehead atoms. The number of nitrogens with zero attached hydrogens (tertiary/aromatic N) is 2. The van der Waals surface area contributed by atoms with Gasteiger partial charge in [0.1, 0.15) is 11.4 Å². The maximum absolute atomic E-state index is 11.1. The van der Waals surface area contributed by atoms with Crippen molar-refractivity contribution in [2.24, 2.45) is 0 Å². The molecule has 5 heteroatoms. The Morgan fingerprint density at radius 1 is 1.69 bits per heavy atom. The lowest BCUT2D eigenvalue weighted by Gasteiger charge is -1.96. The van der Waals surface area contributed by atoms with E-state index in [1.54, 1.807) is 18.4 Å². The molecule has 0 amide bonds. The third-order valence-corrected chi connectivity index (χ3v) is 2.06. The van der Waals surface area contributed by atoms with Crippen LogP contribution in [-0.2, 0) is 16.1 Å². The molecule has 1 aromatic heterocycles. The number of ether oxygens (including phenoxy) is 1. The molecule has 5 nitrogen and oxygen atoms in total. The number of aromatic nitrogens is 2. The van der Waals surface area contributed by atoms with Gasteiger partial charge >= 0.3 is 5.97 Å². The smallest absolute Gasteiger partial charge is 0.348 e. The molecule has 72 valence electrons. The normalized spacial score (nSPS) is 10.1. The van der Waals surface area contributed by atoms with Gasteiger partial charge in [0.15, 0.2) is 6.54 Å². The number of hydrogen-bond donors (Lipinski definition) is 0. The standard InChI is InChI=1S/C8H12N2O3/c1-6-7(2)10(12)5-9(6)4-8(11)13-3/h5H,4H2,1-3H3. The lowest BCUT2D eigenvalue weighted by atomic mass is 10.4. The van der Waals surface area contributed by atoms with Crippen molar-refractivity contribution in [3.8, 4) is 0 Å². The number of methoxy groups -OCH3 is 1. The van der Waals surface area contributed by atoms with Crippen LogP contribution in [0.3, 0.4) is 0 Å². The van der Waals surface area contributed by atoms with E-state index < -0.39 is 0 Å². The molecule has 1 aromatic rings. The van der Waals surface area contributed by atoms with Crippen molar-refractivity contribution in [2.75, 3.05) is 7.11 Å². The number of carbonyl (C=O) groups is 1. The summed E-state index contributed by atoms with van der Waals surface area (Å²) < 4.78 is 6.79. The van der Waals surface area contributed by atoms with Crippen molar-refractivity contribution >= 4 is 5.97 Å². The summed E-state index contributed by atoms with van der Waals surface area (Å²) in [6, 6.07) is 0. The molecule has 1 heterocycles. The number of imidazole rings is 1. The molecule has 0 spiro atoms. The number of hydrogen-bond acceptors (Lipinski definition) is 3. The fourth-order valence-electron chi connectivity index (χ4n) is 1.03. The van der Waals surface area contributed by atoms with Gasteiger partial charge in [-0.1, -0.05) is 0 Å². The summed E-state index contributed by atoms with van der Waals surface area (Å²) in [6.07, 6.45) is 1.33. The van der Waals surface area contributed by atoms with Gasteiger partial charge in [0, 0.05) is 13.8 Å². The van der Waals surface area contributed by atoms with Gasteiger partial charge in [-0.2, -0.15) is 0 Å². The number of carbonyl (C=O) groups excluding carboxylic acids is 1. The summed E-state index contributed by atoms with van der Waals surface area (Å²) in [6.45, 7) is 3.57. The van der Waals surface area contributed by atoms with E-state index in [4.69, 9.17) is 0 Å². The van der Waals surface area contributed by atoms with Crippen LogP contribution in [0.15, 0.2) is 6.33 Å². The van der Waals surface area contributed by atoms with Crippen LogP contribution in [0.5, 0.6) is 0 Å². The summed E-state index contributed by atoms with van der Waals surface area (Å²) in [7, 11) is 1.32. The summed E-state index contributed by atoms with van der Waals surface area (Å²) in [5.74, 6) is -0.362. The third kappa shape index (κ3) is 1.80. The maximum atomic E-state index is 11.1. The molecular weight excluding hydrogens is 172 g/mol. The molecule has 0 aliphatic heterocycles. The molecule has 1 rings (SSSR count). The second-order valence-electron chi connectivity index (χ2n) is 2.82. The summed E-state index contributed by atoms with van der Waals surface area (Å²) >= 11 is 0. The summed E-state index contributed by atoms with van der Waals surface area (Å²) in [5, 5.41) is 11.1. The predicted molar refractivity (Wildman–Crippen MR) is 44.9 cm³/mol. The van der Waals surface area contributed by atoms with Gasteiger partial charge in [0.05, 0.1) is 7.11 Å². The zero-order chi connectivity index (χ0) is 10.0. The molecule has 0 aromatic carbocycles. The summed E-state index contributed by atoms with van der Waals surface area (Å²) in [5.41, 5.74) is 1.38. The van der Waals surface area contributed by atoms with Gasteiger partial charge in [-0.3, -0.25) is 0 Å². The quantitative estimate of drug-likeness (QED) is 0.366. The zero-order valence-corrected chi connectivity index (χ0v) is 7.90. The van der Waals surface area contributed by atoms with Crippen molar-refractivity contribution in [2.45, 2.75) is 20.4 Å². The Bertz CT molecular complexity index is 330. The first-order valence-electron chi connectivity index (χ1n) is 3.88. The number of esters is 1. The van der Waals surface area contributed by atoms with Crippen LogP contribution < -0.4 is 4.73 Å². The van der Waals surface area contributed by atoms with Crippen molar-refractivity contribution in [1.82, 2.24) is 4.57 Å². The van der Waals surface area contributed by atoms with E-state index in [0.717, 1.165) is 10.4 Å². The third-order valence-electron chi connectivity index (χ3n) is 2.06. The Morgan fingerprint density at radius 2 is 2.31 bits per heavy atom. The van der Waals surface area contributed by atoms with Gasteiger partial charge in [-0.05, 0) is 0 Å². The Labute approximate surface area is 76.1 Å². The Morgan fingerprint density at radius 3 is 2.69 bits per heavy atom. The predicted octanol–water partition coefficient (Wildman–Crippen LogP) is -0.0887. The van der Waals surface area contributed by atoms with E-state index in [0.29, 0.717) is 5.69 Å². The molecule has 0 N–H and O–H groups in total. The fraction of sp³-hybridized carbons (Fsp3) is 0.500. The highest BCUT2D eigenvalue weighted by Crippen LogP contribution is 2.01.